The van der Waals surface area contributed by atoms with Crippen molar-refractivity contribution in [1.29, 1.82) is 5.26 Å². The van der Waals surface area contributed by atoms with Gasteiger partial charge in [-0.25, -0.2) is 4.39 Å². The number of amides is 1. The van der Waals surface area contributed by atoms with Crippen LogP contribution in [-0.2, 0) is 32.4 Å². The minimum Gasteiger partial charge on any atom is -0.507 e. The topological polar surface area (TPSA) is 76.4 Å². The molecule has 0 bridgehead atoms. The van der Waals surface area contributed by atoms with Crippen molar-refractivity contribution < 1.29 is 14.3 Å². The summed E-state index contributed by atoms with van der Waals surface area (Å²) in [5.41, 5.74) is 4.26. The van der Waals surface area contributed by atoms with Crippen LogP contribution in [-0.4, -0.2) is 28.5 Å². The molecule has 234 valence electrons. The van der Waals surface area contributed by atoms with Gasteiger partial charge in [-0.3, -0.25) is 9.69 Å². The number of carbonyl (C=O) groups excluding carboxylic acids is 1. The summed E-state index contributed by atoms with van der Waals surface area (Å²) >= 11 is 14.5. The Morgan fingerprint density at radius 1 is 1.16 bits per heavy atom. The van der Waals surface area contributed by atoms with Crippen molar-refractivity contribution in [2.45, 2.75) is 64.6 Å². The van der Waals surface area contributed by atoms with Gasteiger partial charge in [0.25, 0.3) is 5.91 Å². The number of para-hydroxylation sites is 1. The number of aryl methyl sites for hydroxylation is 1. The molecule has 3 aromatic carbocycles. The molecule has 0 saturated heterocycles. The first-order valence-electron chi connectivity index (χ1n) is 15.3. The summed E-state index contributed by atoms with van der Waals surface area (Å²) in [7, 11) is 0. The Labute approximate surface area is 278 Å². The van der Waals surface area contributed by atoms with Crippen LogP contribution in [0, 0.1) is 23.1 Å². The monoisotopic (exact) mass is 663 g/mol. The maximum atomic E-state index is 13.7. The normalized spacial score (nSPS) is 15.0. The zero-order valence-electron chi connectivity index (χ0n) is 25.2. The summed E-state index contributed by atoms with van der Waals surface area (Å²) in [6.45, 7) is 3.88. The van der Waals surface area contributed by atoms with Crippen molar-refractivity contribution in [3.63, 3.8) is 0 Å². The van der Waals surface area contributed by atoms with Gasteiger partial charge in [0.2, 0.25) is 0 Å². The molecule has 1 heterocycles. The molecule has 9 heteroatoms. The van der Waals surface area contributed by atoms with E-state index in [2.05, 4.69) is 23.2 Å². The van der Waals surface area contributed by atoms with E-state index in [1.165, 1.54) is 28.6 Å². The van der Waals surface area contributed by atoms with Gasteiger partial charge in [-0.2, -0.15) is 5.26 Å². The number of benzene rings is 3. The summed E-state index contributed by atoms with van der Waals surface area (Å²) < 4.78 is 13.7. The number of hydrogen-bond donors (Lipinski definition) is 2. The molecule has 2 N–H and O–H groups in total. The average molecular weight is 665 g/mol. The molecule has 2 atom stereocenters. The highest BCUT2D eigenvalue weighted by Crippen LogP contribution is 2.38. The van der Waals surface area contributed by atoms with E-state index in [1.54, 1.807) is 35.6 Å². The molecule has 2 unspecified atom stereocenters. The molecule has 45 heavy (non-hydrogen) atoms. The van der Waals surface area contributed by atoms with Crippen LogP contribution in [0.3, 0.4) is 0 Å². The van der Waals surface area contributed by atoms with E-state index in [9.17, 15) is 19.6 Å². The van der Waals surface area contributed by atoms with Gasteiger partial charge >= 0.3 is 0 Å². The van der Waals surface area contributed by atoms with Crippen LogP contribution >= 0.6 is 34.5 Å². The summed E-state index contributed by atoms with van der Waals surface area (Å²) in [6.07, 6.45) is 5.06. The number of phenolic OH excluding ortho intramolecular Hbond substituents is 1. The Hall–Kier alpha value is -3.41. The van der Waals surface area contributed by atoms with Crippen LogP contribution in [0.5, 0.6) is 5.75 Å². The van der Waals surface area contributed by atoms with Crippen LogP contribution < -0.4 is 5.32 Å². The smallest absolute Gasteiger partial charge is 0.255 e. The van der Waals surface area contributed by atoms with E-state index in [1.807, 2.05) is 24.3 Å². The van der Waals surface area contributed by atoms with Crippen LogP contribution in [0.15, 0.2) is 66.7 Å². The minimum atomic E-state index is -0.285. The lowest BCUT2D eigenvalue weighted by atomic mass is 9.89. The molecular weight excluding hydrogens is 628 g/mol. The number of rotatable bonds is 12. The molecule has 1 aliphatic carbocycles. The fraction of sp³-hybridized carbons (Fsp3) is 0.333. The molecule has 0 aliphatic heterocycles. The van der Waals surface area contributed by atoms with Crippen molar-refractivity contribution in [3.05, 3.63) is 120 Å². The van der Waals surface area contributed by atoms with E-state index in [0.717, 1.165) is 60.1 Å². The van der Waals surface area contributed by atoms with E-state index >= 15 is 0 Å². The highest BCUT2D eigenvalue weighted by molar-refractivity contribution is 7.12. The van der Waals surface area contributed by atoms with Gasteiger partial charge in [0.1, 0.15) is 17.6 Å². The Morgan fingerprint density at radius 2 is 1.93 bits per heavy atom. The Balaban J connectivity index is 1.28. The number of halogens is 3. The Morgan fingerprint density at radius 3 is 2.64 bits per heavy atom. The second-order valence-electron chi connectivity index (χ2n) is 11.6. The maximum absolute atomic E-state index is 13.7. The highest BCUT2D eigenvalue weighted by Gasteiger charge is 2.30. The van der Waals surface area contributed by atoms with Crippen molar-refractivity contribution >= 4 is 40.4 Å². The lowest BCUT2D eigenvalue weighted by molar-refractivity contribution is 0.0943. The quantitative estimate of drug-likeness (QED) is 0.159. The molecule has 5 rings (SSSR count). The summed E-state index contributed by atoms with van der Waals surface area (Å²) in [5.74, 6) is -0.330. The van der Waals surface area contributed by atoms with Crippen molar-refractivity contribution in [1.82, 2.24) is 10.2 Å². The van der Waals surface area contributed by atoms with Gasteiger partial charge in [-0.1, -0.05) is 66.9 Å². The first-order valence-corrected chi connectivity index (χ1v) is 16.8. The third kappa shape index (κ3) is 8.25. The van der Waals surface area contributed by atoms with Gasteiger partial charge in [0.15, 0.2) is 0 Å². The third-order valence-electron chi connectivity index (χ3n) is 8.68. The number of nitrogens with one attached hydrogen (secondary N) is 1. The molecule has 1 aliphatic rings. The fourth-order valence-corrected chi connectivity index (χ4v) is 7.89. The molecule has 1 amide bonds. The molecule has 0 saturated carbocycles. The van der Waals surface area contributed by atoms with Crippen molar-refractivity contribution in [2.24, 2.45) is 5.92 Å². The van der Waals surface area contributed by atoms with Gasteiger partial charge < -0.3 is 10.4 Å². The zero-order valence-corrected chi connectivity index (χ0v) is 27.5. The number of fused-ring (bicyclic) bond motifs is 1. The number of thiophene rings is 1. The first kappa shape index (κ1) is 33.0. The predicted octanol–water partition coefficient (Wildman–Crippen LogP) is 8.72. The van der Waals surface area contributed by atoms with E-state index < -0.39 is 0 Å². The molecular formula is C36H36Cl2FN3O2S. The lowest BCUT2D eigenvalue weighted by Gasteiger charge is -2.35. The van der Waals surface area contributed by atoms with Crippen molar-refractivity contribution in [2.75, 3.05) is 6.54 Å². The number of nitriles is 1. The summed E-state index contributed by atoms with van der Waals surface area (Å²) in [6, 6.07) is 21.5. The van der Waals surface area contributed by atoms with Gasteiger partial charge in [0, 0.05) is 45.5 Å². The van der Waals surface area contributed by atoms with E-state index in [-0.39, 0.29) is 35.0 Å². The number of hydrogen-bond acceptors (Lipinski definition) is 5. The van der Waals surface area contributed by atoms with Gasteiger partial charge in [-0.05, 0) is 91.1 Å². The number of nitrogens with zero attached hydrogens (tertiary/aromatic N) is 2. The molecule has 0 radical (unpaired) electrons. The zero-order chi connectivity index (χ0) is 31.9. The molecule has 0 spiro atoms. The third-order valence-corrected chi connectivity index (χ3v) is 10.6. The second kappa shape index (κ2) is 15.2. The highest BCUT2D eigenvalue weighted by atomic mass is 35.5. The van der Waals surface area contributed by atoms with E-state index in [0.29, 0.717) is 29.7 Å². The largest absolute Gasteiger partial charge is 0.507 e. The first-order chi connectivity index (χ1) is 21.7. The maximum Gasteiger partial charge on any atom is 0.255 e. The van der Waals surface area contributed by atoms with Crippen LogP contribution in [0.25, 0.3) is 0 Å². The molecule has 5 nitrogen and oxygen atoms in total. The predicted molar refractivity (Wildman–Crippen MR) is 179 cm³/mol. The molecule has 1 aromatic heterocycles. The standard InChI is InChI=1S/C36H36Cl2FN3O2S/c1-2-23(20-41-36(44)30-5-3-4-6-33(30)43)9-16-34-31(19-40)29-15-14-28(18-35(29)45-34)42(21-24-7-12-27(39)13-8-24)22-25-10-11-26(37)17-32(25)38/h3-8,10-13,17,23,28,43H,2,9,14-16,18,20-22H2,1H3,(H,41,44). The Kier molecular flexibility index (Phi) is 11.2. The van der Waals surface area contributed by atoms with Crippen LogP contribution in [0.1, 0.15) is 68.6 Å². The SMILES string of the molecule is CCC(CCc1sc2c(c1C#N)CCC(N(Cc1ccc(F)cc1)Cc1ccc(Cl)cc1Cl)C2)CNC(=O)c1ccccc1O. The number of phenols is 1. The van der Waals surface area contributed by atoms with E-state index in [4.69, 9.17) is 23.2 Å². The number of aromatic hydroxyl groups is 1. The molecule has 4 aromatic rings. The summed E-state index contributed by atoms with van der Waals surface area (Å²) in [5, 5.41) is 24.4. The summed E-state index contributed by atoms with van der Waals surface area (Å²) in [4.78, 5) is 17.4. The minimum absolute atomic E-state index is 0.0309. The average Bonchev–Trinajstić information content (AvgIpc) is 3.39. The Bertz CT molecular complexity index is 1680. The second-order valence-corrected chi connectivity index (χ2v) is 13.7. The fourth-order valence-electron chi connectivity index (χ4n) is 6.03. The van der Waals surface area contributed by atoms with Gasteiger partial charge in [-0.15, -0.1) is 11.3 Å². The van der Waals surface area contributed by atoms with Crippen LogP contribution in [0.2, 0.25) is 10.0 Å². The van der Waals surface area contributed by atoms with Crippen molar-refractivity contribution in [3.8, 4) is 11.8 Å². The lowest BCUT2D eigenvalue weighted by Crippen LogP contribution is -2.38. The van der Waals surface area contributed by atoms with Gasteiger partial charge in [0.05, 0.1) is 11.1 Å². The molecule has 0 fully saturated rings. The number of carbonyl (C=O) groups is 1. The van der Waals surface area contributed by atoms with Crippen LogP contribution in [0.4, 0.5) is 4.39 Å².